The molecule has 0 unspecified atom stereocenters. The van der Waals surface area contributed by atoms with Crippen molar-refractivity contribution < 1.29 is 9.50 Å². The van der Waals surface area contributed by atoms with Crippen LogP contribution in [0.4, 0.5) is 10.2 Å². The SMILES string of the molecule is Cc1cc(C)n(-c2cncc(NC[C@@H](O)c3cccc(F)c3)n2)n1. The maximum Gasteiger partial charge on any atom is 0.174 e. The van der Waals surface area contributed by atoms with Crippen LogP contribution in [0.1, 0.15) is 23.1 Å². The highest BCUT2D eigenvalue weighted by molar-refractivity contribution is 5.37. The number of nitrogens with one attached hydrogen (secondary N) is 1. The summed E-state index contributed by atoms with van der Waals surface area (Å²) in [5.74, 6) is 0.721. The molecule has 0 amide bonds. The molecule has 0 bridgehead atoms. The van der Waals surface area contributed by atoms with Gasteiger partial charge in [0.1, 0.15) is 11.6 Å². The van der Waals surface area contributed by atoms with E-state index < -0.39 is 6.10 Å². The minimum atomic E-state index is -0.847. The van der Waals surface area contributed by atoms with Gasteiger partial charge >= 0.3 is 0 Å². The molecule has 2 heterocycles. The fourth-order valence-electron chi connectivity index (χ4n) is 2.44. The van der Waals surface area contributed by atoms with Crippen LogP contribution in [0.3, 0.4) is 0 Å². The van der Waals surface area contributed by atoms with Gasteiger partial charge in [0.25, 0.3) is 0 Å². The van der Waals surface area contributed by atoms with Crippen molar-refractivity contribution in [1.82, 2.24) is 19.7 Å². The lowest BCUT2D eigenvalue weighted by Gasteiger charge is -2.13. The molecule has 24 heavy (non-hydrogen) atoms. The van der Waals surface area contributed by atoms with Crippen LogP contribution in [0.2, 0.25) is 0 Å². The third-order valence-corrected chi connectivity index (χ3v) is 3.56. The molecule has 3 aromatic rings. The Labute approximate surface area is 139 Å². The topological polar surface area (TPSA) is 75.9 Å². The zero-order chi connectivity index (χ0) is 17.1. The van der Waals surface area contributed by atoms with Crippen molar-refractivity contribution >= 4 is 5.82 Å². The first-order valence-electron chi connectivity index (χ1n) is 7.56. The van der Waals surface area contributed by atoms with Crippen LogP contribution in [0, 0.1) is 19.7 Å². The van der Waals surface area contributed by atoms with E-state index in [2.05, 4.69) is 20.4 Å². The Bertz CT molecular complexity index is 849. The highest BCUT2D eigenvalue weighted by Crippen LogP contribution is 2.16. The molecule has 0 saturated heterocycles. The van der Waals surface area contributed by atoms with Crippen LogP contribution >= 0.6 is 0 Å². The highest BCUT2D eigenvalue weighted by Gasteiger charge is 2.10. The second kappa shape index (κ2) is 6.76. The molecular weight excluding hydrogens is 309 g/mol. The zero-order valence-corrected chi connectivity index (χ0v) is 13.4. The second-order valence-electron chi connectivity index (χ2n) is 5.55. The molecule has 2 aromatic heterocycles. The van der Waals surface area contributed by atoms with Crippen LogP contribution < -0.4 is 5.32 Å². The van der Waals surface area contributed by atoms with Gasteiger partial charge in [-0.3, -0.25) is 4.98 Å². The average molecular weight is 327 g/mol. The van der Waals surface area contributed by atoms with Gasteiger partial charge in [0, 0.05) is 12.2 Å². The molecule has 0 fully saturated rings. The van der Waals surface area contributed by atoms with Crippen LogP contribution in [-0.4, -0.2) is 31.4 Å². The monoisotopic (exact) mass is 327 g/mol. The third kappa shape index (κ3) is 3.57. The molecule has 0 aliphatic heterocycles. The first-order chi connectivity index (χ1) is 11.5. The quantitative estimate of drug-likeness (QED) is 0.753. The highest BCUT2D eigenvalue weighted by atomic mass is 19.1. The zero-order valence-electron chi connectivity index (χ0n) is 13.4. The number of nitrogens with zero attached hydrogens (tertiary/aromatic N) is 4. The molecule has 0 saturated carbocycles. The van der Waals surface area contributed by atoms with E-state index in [1.54, 1.807) is 29.2 Å². The van der Waals surface area contributed by atoms with E-state index in [4.69, 9.17) is 0 Å². The van der Waals surface area contributed by atoms with Crippen molar-refractivity contribution in [2.45, 2.75) is 20.0 Å². The first-order valence-corrected chi connectivity index (χ1v) is 7.56. The predicted octanol–water partition coefficient (Wildman–Crippen LogP) is 2.56. The molecule has 3 rings (SSSR count). The van der Waals surface area contributed by atoms with Crippen molar-refractivity contribution in [2.75, 3.05) is 11.9 Å². The number of halogens is 1. The summed E-state index contributed by atoms with van der Waals surface area (Å²) in [6, 6.07) is 7.84. The Balaban J connectivity index is 1.72. The maximum absolute atomic E-state index is 13.2. The summed E-state index contributed by atoms with van der Waals surface area (Å²) in [7, 11) is 0. The van der Waals surface area contributed by atoms with Gasteiger partial charge in [0.15, 0.2) is 5.82 Å². The normalized spacial score (nSPS) is 12.2. The lowest BCUT2D eigenvalue weighted by atomic mass is 10.1. The standard InChI is InChI=1S/C17H18FN5O/c1-11-6-12(2)23(22-11)17-10-19-9-16(21-17)20-8-15(24)13-4-3-5-14(18)7-13/h3-7,9-10,15,24H,8H2,1-2H3,(H,20,21)/t15-/m1/s1. The van der Waals surface area contributed by atoms with E-state index in [0.717, 1.165) is 11.4 Å². The number of aryl methyl sites for hydroxylation is 2. The molecule has 7 heteroatoms. The van der Waals surface area contributed by atoms with Gasteiger partial charge in [-0.15, -0.1) is 0 Å². The van der Waals surface area contributed by atoms with E-state index in [-0.39, 0.29) is 12.4 Å². The van der Waals surface area contributed by atoms with Crippen LogP contribution in [-0.2, 0) is 0 Å². The Morgan fingerprint density at radius 3 is 2.79 bits per heavy atom. The van der Waals surface area contributed by atoms with Gasteiger partial charge in [0.2, 0.25) is 0 Å². The van der Waals surface area contributed by atoms with Gasteiger partial charge in [0.05, 0.1) is 24.2 Å². The molecular formula is C17H18FN5O. The summed E-state index contributed by atoms with van der Waals surface area (Å²) in [4.78, 5) is 8.59. The van der Waals surface area contributed by atoms with Crippen molar-refractivity contribution in [3.8, 4) is 5.82 Å². The number of hydrogen-bond acceptors (Lipinski definition) is 5. The number of benzene rings is 1. The fraction of sp³-hybridized carbons (Fsp3) is 0.235. The van der Waals surface area contributed by atoms with Crippen LogP contribution in [0.5, 0.6) is 0 Å². The van der Waals surface area contributed by atoms with E-state index in [0.29, 0.717) is 17.2 Å². The molecule has 2 N–H and O–H groups in total. The molecule has 0 aliphatic rings. The summed E-state index contributed by atoms with van der Waals surface area (Å²) < 4.78 is 14.9. The van der Waals surface area contributed by atoms with Gasteiger partial charge in [-0.25, -0.2) is 14.1 Å². The van der Waals surface area contributed by atoms with Crippen molar-refractivity contribution in [3.05, 3.63) is 65.5 Å². The Kier molecular flexibility index (Phi) is 4.52. The smallest absolute Gasteiger partial charge is 0.174 e. The van der Waals surface area contributed by atoms with E-state index >= 15 is 0 Å². The average Bonchev–Trinajstić information content (AvgIpc) is 2.91. The molecule has 6 nitrogen and oxygen atoms in total. The van der Waals surface area contributed by atoms with Gasteiger partial charge in [-0.05, 0) is 37.6 Å². The second-order valence-corrected chi connectivity index (χ2v) is 5.55. The summed E-state index contributed by atoms with van der Waals surface area (Å²) in [6.45, 7) is 4.04. The number of rotatable bonds is 5. The minimum absolute atomic E-state index is 0.193. The first kappa shape index (κ1) is 16.1. The maximum atomic E-state index is 13.2. The predicted molar refractivity (Wildman–Crippen MR) is 88.5 cm³/mol. The van der Waals surface area contributed by atoms with E-state index in [1.807, 2.05) is 19.9 Å². The number of aromatic nitrogens is 4. The summed E-state index contributed by atoms with van der Waals surface area (Å²) in [6.07, 6.45) is 2.33. The lowest BCUT2D eigenvalue weighted by molar-refractivity contribution is 0.191. The fourth-order valence-corrected chi connectivity index (χ4v) is 2.44. The summed E-state index contributed by atoms with van der Waals surface area (Å²) in [5, 5.41) is 17.5. The summed E-state index contributed by atoms with van der Waals surface area (Å²) in [5.41, 5.74) is 2.36. The van der Waals surface area contributed by atoms with Gasteiger partial charge < -0.3 is 10.4 Å². The van der Waals surface area contributed by atoms with E-state index in [1.165, 1.54) is 12.1 Å². The number of hydrogen-bond donors (Lipinski definition) is 2. The number of aliphatic hydroxyl groups is 1. The van der Waals surface area contributed by atoms with Crippen molar-refractivity contribution in [3.63, 3.8) is 0 Å². The molecule has 0 radical (unpaired) electrons. The van der Waals surface area contributed by atoms with Crippen LogP contribution in [0.15, 0.2) is 42.7 Å². The van der Waals surface area contributed by atoms with Gasteiger partial charge in [-0.1, -0.05) is 12.1 Å². The molecule has 0 aliphatic carbocycles. The lowest BCUT2D eigenvalue weighted by Crippen LogP contribution is -2.14. The number of aliphatic hydroxyl groups excluding tert-OH is 1. The van der Waals surface area contributed by atoms with Crippen molar-refractivity contribution in [2.24, 2.45) is 0 Å². The van der Waals surface area contributed by atoms with Gasteiger partial charge in [-0.2, -0.15) is 5.10 Å². The number of anilines is 1. The summed E-state index contributed by atoms with van der Waals surface area (Å²) >= 11 is 0. The molecule has 1 aromatic carbocycles. The molecule has 124 valence electrons. The minimum Gasteiger partial charge on any atom is -0.387 e. The molecule has 0 spiro atoms. The largest absolute Gasteiger partial charge is 0.387 e. The van der Waals surface area contributed by atoms with E-state index in [9.17, 15) is 9.50 Å². The molecule has 1 atom stereocenters. The van der Waals surface area contributed by atoms with Crippen LogP contribution in [0.25, 0.3) is 5.82 Å². The van der Waals surface area contributed by atoms with Crippen molar-refractivity contribution in [1.29, 1.82) is 0 Å². The Hall–Kier alpha value is -2.80. The third-order valence-electron chi connectivity index (χ3n) is 3.56. The Morgan fingerprint density at radius 2 is 2.08 bits per heavy atom. The Morgan fingerprint density at radius 1 is 1.25 bits per heavy atom.